The third-order valence-corrected chi connectivity index (χ3v) is 3.62. The van der Waals surface area contributed by atoms with Gasteiger partial charge in [0.05, 0.1) is 32.4 Å². The molecule has 0 aromatic rings. The second-order valence-corrected chi connectivity index (χ2v) is 4.91. The van der Waals surface area contributed by atoms with Crippen LogP contribution in [0, 0.1) is 0 Å². The van der Waals surface area contributed by atoms with E-state index in [1.807, 2.05) is 0 Å². The Hall–Kier alpha value is -0.380. The summed E-state index contributed by atoms with van der Waals surface area (Å²) >= 11 is 0. The van der Waals surface area contributed by atoms with Crippen molar-refractivity contribution in [1.82, 2.24) is 0 Å². The molecule has 0 aliphatic rings. The fourth-order valence-corrected chi connectivity index (χ4v) is 2.60. The Kier molecular flexibility index (Phi) is 7.65. The first kappa shape index (κ1) is 14.6. The van der Waals surface area contributed by atoms with Crippen molar-refractivity contribution in [2.75, 3.05) is 26.0 Å². The van der Waals surface area contributed by atoms with Crippen LogP contribution in [-0.2, 0) is 23.1 Å². The third kappa shape index (κ3) is 6.66. The maximum absolute atomic E-state index is 11.9. The van der Waals surface area contributed by atoms with Crippen molar-refractivity contribution in [2.45, 2.75) is 27.2 Å². The first-order valence-electron chi connectivity index (χ1n) is 5.11. The Labute approximate surface area is 90.6 Å². The molecule has 0 aromatic heterocycles. The van der Waals surface area contributed by atoms with Crippen molar-refractivity contribution in [2.24, 2.45) is 0 Å². The molecule has 0 rings (SSSR count). The van der Waals surface area contributed by atoms with Gasteiger partial charge in [0.1, 0.15) is 0 Å². The summed E-state index contributed by atoms with van der Waals surface area (Å²) in [5.41, 5.74) is 0. The molecule has 0 N–H and O–H groups in total. The van der Waals surface area contributed by atoms with Gasteiger partial charge in [-0.1, -0.05) is 0 Å². The average Bonchev–Trinajstić information content (AvgIpc) is 2.16. The van der Waals surface area contributed by atoms with Gasteiger partial charge in [0.15, 0.2) is 0 Å². The van der Waals surface area contributed by atoms with Gasteiger partial charge < -0.3 is 13.8 Å². The number of ether oxygens (including phenoxy) is 1. The van der Waals surface area contributed by atoms with Crippen molar-refractivity contribution >= 4 is 13.6 Å². The Morgan fingerprint density at radius 1 is 1.07 bits per heavy atom. The maximum atomic E-state index is 11.9. The molecule has 0 aliphatic carbocycles. The van der Waals surface area contributed by atoms with E-state index in [2.05, 4.69) is 0 Å². The predicted octanol–water partition coefficient (Wildman–Crippen LogP) is 2.21. The fourth-order valence-electron chi connectivity index (χ4n) is 1.02. The van der Waals surface area contributed by atoms with Crippen molar-refractivity contribution < 1.29 is 23.1 Å². The molecule has 0 saturated carbocycles. The number of carbonyl (C=O) groups excluding carboxylic acids is 1. The molecule has 0 heterocycles. The Bertz CT molecular complexity index is 219. The molecule has 0 bridgehead atoms. The number of esters is 1. The highest BCUT2D eigenvalue weighted by atomic mass is 31.2. The van der Waals surface area contributed by atoms with Crippen LogP contribution >= 0.6 is 7.60 Å². The lowest BCUT2D eigenvalue weighted by Crippen LogP contribution is -2.08. The van der Waals surface area contributed by atoms with Crippen LogP contribution in [0.25, 0.3) is 0 Å². The summed E-state index contributed by atoms with van der Waals surface area (Å²) in [6.45, 7) is 6.13. The van der Waals surface area contributed by atoms with E-state index >= 15 is 0 Å². The number of hydrogen-bond donors (Lipinski definition) is 0. The van der Waals surface area contributed by atoms with E-state index in [1.54, 1.807) is 20.8 Å². The molecule has 0 radical (unpaired) electrons. The van der Waals surface area contributed by atoms with E-state index in [0.29, 0.717) is 19.8 Å². The van der Waals surface area contributed by atoms with Gasteiger partial charge >= 0.3 is 13.6 Å². The van der Waals surface area contributed by atoms with Crippen LogP contribution in [0.15, 0.2) is 0 Å². The molecule has 0 fully saturated rings. The zero-order valence-electron chi connectivity index (χ0n) is 9.52. The van der Waals surface area contributed by atoms with Crippen molar-refractivity contribution in [3.05, 3.63) is 0 Å². The highest BCUT2D eigenvalue weighted by Crippen LogP contribution is 2.48. The van der Waals surface area contributed by atoms with Gasteiger partial charge in [0.25, 0.3) is 0 Å². The molecule has 0 unspecified atom stereocenters. The van der Waals surface area contributed by atoms with Crippen LogP contribution in [0.2, 0.25) is 0 Å². The summed E-state index contributed by atoms with van der Waals surface area (Å²) in [5.74, 6) is -0.378. The number of rotatable bonds is 8. The van der Waals surface area contributed by atoms with Crippen LogP contribution < -0.4 is 0 Å². The fraction of sp³-hybridized carbons (Fsp3) is 0.889. The summed E-state index contributed by atoms with van der Waals surface area (Å²) in [4.78, 5) is 11.0. The van der Waals surface area contributed by atoms with Crippen molar-refractivity contribution in [3.63, 3.8) is 0 Å². The molecule has 0 saturated heterocycles. The molecule has 0 aliphatic heterocycles. The van der Waals surface area contributed by atoms with E-state index in [-0.39, 0.29) is 18.6 Å². The van der Waals surface area contributed by atoms with Gasteiger partial charge in [0.2, 0.25) is 0 Å². The second-order valence-electron chi connectivity index (χ2n) is 2.73. The molecule has 5 nitrogen and oxygen atoms in total. The van der Waals surface area contributed by atoms with Crippen LogP contribution in [0.4, 0.5) is 0 Å². The third-order valence-electron chi connectivity index (χ3n) is 1.55. The van der Waals surface area contributed by atoms with Gasteiger partial charge in [-0.2, -0.15) is 0 Å². The van der Waals surface area contributed by atoms with Gasteiger partial charge in [-0.05, 0) is 20.8 Å². The summed E-state index contributed by atoms with van der Waals surface area (Å²) in [7, 11) is -3.10. The largest absolute Gasteiger partial charge is 0.466 e. The first-order chi connectivity index (χ1) is 7.08. The van der Waals surface area contributed by atoms with E-state index < -0.39 is 7.60 Å². The minimum Gasteiger partial charge on any atom is -0.466 e. The standard InChI is InChI=1S/C9H19O5P/c1-4-12-9(10)7-8-15(11,13-5-2)14-6-3/h4-8H2,1-3H3. The second kappa shape index (κ2) is 7.85. The average molecular weight is 238 g/mol. The van der Waals surface area contributed by atoms with Crippen LogP contribution in [0.5, 0.6) is 0 Å². The maximum Gasteiger partial charge on any atom is 0.331 e. The quantitative estimate of drug-likeness (QED) is 0.479. The van der Waals surface area contributed by atoms with Crippen LogP contribution in [0.1, 0.15) is 27.2 Å². The SMILES string of the molecule is CCOC(=O)CCP(=O)(OCC)OCC. The van der Waals surface area contributed by atoms with E-state index in [4.69, 9.17) is 13.8 Å². The normalized spacial score (nSPS) is 11.4. The van der Waals surface area contributed by atoms with E-state index in [1.165, 1.54) is 0 Å². The number of carbonyl (C=O) groups is 1. The van der Waals surface area contributed by atoms with Crippen LogP contribution in [0.3, 0.4) is 0 Å². The smallest absolute Gasteiger partial charge is 0.331 e. The zero-order chi connectivity index (χ0) is 11.7. The summed E-state index contributed by atoms with van der Waals surface area (Å²) in [6.07, 6.45) is 0.138. The zero-order valence-corrected chi connectivity index (χ0v) is 10.4. The van der Waals surface area contributed by atoms with Gasteiger partial charge in [0, 0.05) is 0 Å². The lowest BCUT2D eigenvalue weighted by molar-refractivity contribution is -0.142. The first-order valence-corrected chi connectivity index (χ1v) is 6.84. The minimum absolute atomic E-state index is 0.0606. The van der Waals surface area contributed by atoms with Crippen molar-refractivity contribution in [3.8, 4) is 0 Å². The molecule has 90 valence electrons. The topological polar surface area (TPSA) is 61.8 Å². The lowest BCUT2D eigenvalue weighted by Gasteiger charge is -2.16. The Morgan fingerprint density at radius 3 is 2.00 bits per heavy atom. The van der Waals surface area contributed by atoms with Crippen molar-refractivity contribution in [1.29, 1.82) is 0 Å². The van der Waals surface area contributed by atoms with Gasteiger partial charge in [-0.15, -0.1) is 0 Å². The summed E-state index contributed by atoms with van der Waals surface area (Å²) < 4.78 is 26.6. The Morgan fingerprint density at radius 2 is 1.60 bits per heavy atom. The molecule has 0 amide bonds. The highest BCUT2D eigenvalue weighted by Gasteiger charge is 2.24. The highest BCUT2D eigenvalue weighted by molar-refractivity contribution is 7.53. The predicted molar refractivity (Wildman–Crippen MR) is 57.0 cm³/mol. The van der Waals surface area contributed by atoms with Gasteiger partial charge in [-0.25, -0.2) is 0 Å². The van der Waals surface area contributed by atoms with E-state index in [9.17, 15) is 9.36 Å². The lowest BCUT2D eigenvalue weighted by atomic mass is 10.5. The number of hydrogen-bond acceptors (Lipinski definition) is 5. The molecular formula is C9H19O5P. The monoisotopic (exact) mass is 238 g/mol. The van der Waals surface area contributed by atoms with Crippen LogP contribution in [-0.4, -0.2) is 32.0 Å². The molecular weight excluding hydrogens is 219 g/mol. The molecule has 0 atom stereocenters. The Balaban J connectivity index is 4.06. The molecule has 0 spiro atoms. The summed E-state index contributed by atoms with van der Waals surface area (Å²) in [5, 5.41) is 0. The van der Waals surface area contributed by atoms with Gasteiger partial charge in [-0.3, -0.25) is 9.36 Å². The van der Waals surface area contributed by atoms with E-state index in [0.717, 1.165) is 0 Å². The molecule has 6 heteroatoms. The summed E-state index contributed by atoms with van der Waals surface area (Å²) in [6, 6.07) is 0. The molecule has 15 heavy (non-hydrogen) atoms. The molecule has 0 aromatic carbocycles. The minimum atomic E-state index is -3.10.